The number of carboxylic acid groups (broad SMARTS) is 1. The van der Waals surface area contributed by atoms with E-state index in [2.05, 4.69) is 4.98 Å². The molecule has 1 aromatic carbocycles. The predicted octanol–water partition coefficient (Wildman–Crippen LogP) is 3.65. The summed E-state index contributed by atoms with van der Waals surface area (Å²) < 4.78 is 1.83. The van der Waals surface area contributed by atoms with E-state index in [1.54, 1.807) is 0 Å². The van der Waals surface area contributed by atoms with Gasteiger partial charge in [-0.3, -0.25) is 9.20 Å². The molecular formula is C14H11ClN2O2S. The molecular weight excluding hydrogens is 296 g/mol. The summed E-state index contributed by atoms with van der Waals surface area (Å²) in [4.78, 5) is 16.4. The van der Waals surface area contributed by atoms with Gasteiger partial charge in [0.05, 0.1) is 17.8 Å². The number of aliphatic carboxylic acids is 1. The molecule has 0 amide bonds. The smallest absolute Gasteiger partial charge is 0.309 e. The molecule has 2 heterocycles. The third-order valence-corrected chi connectivity index (χ3v) is 4.29. The van der Waals surface area contributed by atoms with Gasteiger partial charge in [0.1, 0.15) is 0 Å². The molecule has 0 aliphatic carbocycles. The van der Waals surface area contributed by atoms with Crippen LogP contribution in [0.15, 0.2) is 29.8 Å². The largest absolute Gasteiger partial charge is 0.481 e. The van der Waals surface area contributed by atoms with E-state index in [-0.39, 0.29) is 6.42 Å². The Balaban J connectivity index is 2.21. The minimum Gasteiger partial charge on any atom is -0.481 e. The van der Waals surface area contributed by atoms with E-state index in [1.807, 2.05) is 41.1 Å². The molecule has 0 fully saturated rings. The number of nitrogens with zero attached hydrogens (tertiary/aromatic N) is 2. The van der Waals surface area contributed by atoms with E-state index < -0.39 is 5.97 Å². The molecule has 0 radical (unpaired) electrons. The molecule has 3 rings (SSSR count). The Morgan fingerprint density at radius 2 is 2.30 bits per heavy atom. The van der Waals surface area contributed by atoms with Crippen LogP contribution in [-0.2, 0) is 11.2 Å². The van der Waals surface area contributed by atoms with Crippen LogP contribution >= 0.6 is 22.9 Å². The van der Waals surface area contributed by atoms with Crippen molar-refractivity contribution >= 4 is 33.9 Å². The number of rotatable bonds is 3. The summed E-state index contributed by atoms with van der Waals surface area (Å²) in [7, 11) is 0. The van der Waals surface area contributed by atoms with Gasteiger partial charge < -0.3 is 5.11 Å². The van der Waals surface area contributed by atoms with Crippen LogP contribution < -0.4 is 0 Å². The van der Waals surface area contributed by atoms with Gasteiger partial charge in [-0.1, -0.05) is 17.7 Å². The van der Waals surface area contributed by atoms with Crippen LogP contribution in [0.4, 0.5) is 0 Å². The topological polar surface area (TPSA) is 54.6 Å². The Kier molecular flexibility index (Phi) is 3.23. The Labute approximate surface area is 124 Å². The lowest BCUT2D eigenvalue weighted by Gasteiger charge is -2.04. The highest BCUT2D eigenvalue weighted by molar-refractivity contribution is 7.15. The van der Waals surface area contributed by atoms with Crippen molar-refractivity contribution in [2.75, 3.05) is 0 Å². The van der Waals surface area contributed by atoms with Crippen LogP contribution in [0, 0.1) is 6.92 Å². The Morgan fingerprint density at radius 3 is 3.00 bits per heavy atom. The van der Waals surface area contributed by atoms with E-state index in [1.165, 1.54) is 11.3 Å². The molecule has 4 nitrogen and oxygen atoms in total. The molecule has 0 aliphatic rings. The lowest BCUT2D eigenvalue weighted by Crippen LogP contribution is -2.04. The molecule has 0 spiro atoms. The zero-order valence-electron chi connectivity index (χ0n) is 10.6. The van der Waals surface area contributed by atoms with Crippen molar-refractivity contribution in [3.05, 3.63) is 46.1 Å². The summed E-state index contributed by atoms with van der Waals surface area (Å²) >= 11 is 7.52. The summed E-state index contributed by atoms with van der Waals surface area (Å²) in [5.74, 6) is -0.870. The van der Waals surface area contributed by atoms with E-state index >= 15 is 0 Å². The second-order valence-electron chi connectivity index (χ2n) is 4.50. The van der Waals surface area contributed by atoms with Crippen molar-refractivity contribution in [3.8, 4) is 11.3 Å². The molecule has 6 heteroatoms. The standard InChI is InChI=1S/C14H11ClN2O2S/c1-8-6-9(2-3-10(8)15)13-11(7-12(18)19)17-4-5-20-14(17)16-13/h2-6H,7H2,1H3,(H,18,19). The van der Waals surface area contributed by atoms with Crippen molar-refractivity contribution in [1.29, 1.82) is 0 Å². The van der Waals surface area contributed by atoms with Gasteiger partial charge in [-0.15, -0.1) is 11.3 Å². The lowest BCUT2D eigenvalue weighted by atomic mass is 10.1. The molecule has 0 saturated carbocycles. The fraction of sp³-hybridized carbons (Fsp3) is 0.143. The number of imidazole rings is 1. The zero-order chi connectivity index (χ0) is 14.3. The number of hydrogen-bond donors (Lipinski definition) is 1. The van der Waals surface area contributed by atoms with Gasteiger partial charge in [0.15, 0.2) is 4.96 Å². The third kappa shape index (κ3) is 2.19. The SMILES string of the molecule is Cc1cc(-c2nc3sccn3c2CC(=O)O)ccc1Cl. The average Bonchev–Trinajstić information content (AvgIpc) is 2.95. The maximum atomic E-state index is 11.1. The zero-order valence-corrected chi connectivity index (χ0v) is 12.2. The molecule has 0 unspecified atom stereocenters. The van der Waals surface area contributed by atoms with Gasteiger partial charge in [-0.25, -0.2) is 4.98 Å². The Bertz CT molecular complexity index is 807. The van der Waals surface area contributed by atoms with Gasteiger partial charge in [0.25, 0.3) is 0 Å². The Morgan fingerprint density at radius 1 is 1.50 bits per heavy atom. The first-order valence-electron chi connectivity index (χ1n) is 5.99. The van der Waals surface area contributed by atoms with Crippen molar-refractivity contribution in [3.63, 3.8) is 0 Å². The maximum Gasteiger partial charge on any atom is 0.309 e. The molecule has 1 N–H and O–H groups in total. The van der Waals surface area contributed by atoms with Crippen LogP contribution in [-0.4, -0.2) is 20.5 Å². The van der Waals surface area contributed by atoms with Gasteiger partial charge in [-0.05, 0) is 24.6 Å². The average molecular weight is 307 g/mol. The summed E-state index contributed by atoms with van der Waals surface area (Å²) in [5.41, 5.74) is 3.23. The van der Waals surface area contributed by atoms with Crippen LogP contribution in [0.2, 0.25) is 5.02 Å². The van der Waals surface area contributed by atoms with Crippen LogP contribution in [0.5, 0.6) is 0 Å². The van der Waals surface area contributed by atoms with Crippen molar-refractivity contribution in [1.82, 2.24) is 9.38 Å². The molecule has 102 valence electrons. The second-order valence-corrected chi connectivity index (χ2v) is 5.78. The van der Waals surface area contributed by atoms with E-state index in [9.17, 15) is 4.79 Å². The molecule has 0 atom stereocenters. The van der Waals surface area contributed by atoms with Crippen LogP contribution in [0.25, 0.3) is 16.2 Å². The molecule has 0 saturated heterocycles. The fourth-order valence-electron chi connectivity index (χ4n) is 2.17. The third-order valence-electron chi connectivity index (χ3n) is 3.11. The quantitative estimate of drug-likeness (QED) is 0.803. The minimum absolute atomic E-state index is 0.0606. The molecule has 3 aromatic rings. The van der Waals surface area contributed by atoms with Crippen LogP contribution in [0.1, 0.15) is 11.3 Å². The number of halogens is 1. The van der Waals surface area contributed by atoms with Crippen molar-refractivity contribution < 1.29 is 9.90 Å². The number of fused-ring (bicyclic) bond motifs is 1. The van der Waals surface area contributed by atoms with Gasteiger partial charge >= 0.3 is 5.97 Å². The van der Waals surface area contributed by atoms with E-state index in [0.717, 1.165) is 16.1 Å². The second kappa shape index (κ2) is 4.92. The first kappa shape index (κ1) is 13.1. The van der Waals surface area contributed by atoms with Crippen LogP contribution in [0.3, 0.4) is 0 Å². The van der Waals surface area contributed by atoms with E-state index in [4.69, 9.17) is 16.7 Å². The number of carbonyl (C=O) groups is 1. The highest BCUT2D eigenvalue weighted by Gasteiger charge is 2.17. The molecule has 0 aliphatic heterocycles. The Hall–Kier alpha value is -1.85. The van der Waals surface area contributed by atoms with Gasteiger partial charge in [-0.2, -0.15) is 0 Å². The number of benzene rings is 1. The molecule has 0 bridgehead atoms. The summed E-state index contributed by atoms with van der Waals surface area (Å²) in [6.07, 6.45) is 1.78. The number of carboxylic acids is 1. The normalized spacial score (nSPS) is 11.1. The summed E-state index contributed by atoms with van der Waals surface area (Å²) in [6.45, 7) is 1.92. The minimum atomic E-state index is -0.870. The summed E-state index contributed by atoms with van der Waals surface area (Å²) in [5, 5.41) is 11.7. The number of hydrogen-bond acceptors (Lipinski definition) is 3. The molecule has 20 heavy (non-hydrogen) atoms. The monoisotopic (exact) mass is 306 g/mol. The van der Waals surface area contributed by atoms with Crippen molar-refractivity contribution in [2.45, 2.75) is 13.3 Å². The first-order valence-corrected chi connectivity index (χ1v) is 7.25. The van der Waals surface area contributed by atoms with Gasteiger partial charge in [0, 0.05) is 22.2 Å². The highest BCUT2D eigenvalue weighted by atomic mass is 35.5. The highest BCUT2D eigenvalue weighted by Crippen LogP contribution is 2.29. The number of thiazole rings is 1. The lowest BCUT2D eigenvalue weighted by molar-refractivity contribution is -0.136. The number of aryl methyl sites for hydroxylation is 1. The number of aromatic nitrogens is 2. The molecule has 2 aromatic heterocycles. The van der Waals surface area contributed by atoms with Gasteiger partial charge in [0.2, 0.25) is 0 Å². The maximum absolute atomic E-state index is 11.1. The van der Waals surface area contributed by atoms with Crippen molar-refractivity contribution in [2.24, 2.45) is 0 Å². The summed E-state index contributed by atoms with van der Waals surface area (Å²) in [6, 6.07) is 5.61. The first-order chi connectivity index (χ1) is 9.56. The van der Waals surface area contributed by atoms with E-state index in [0.29, 0.717) is 16.4 Å². The predicted molar refractivity (Wildman–Crippen MR) is 79.6 cm³/mol. The fourth-order valence-corrected chi connectivity index (χ4v) is 3.02.